The van der Waals surface area contributed by atoms with Crippen molar-refractivity contribution in [3.8, 4) is 11.1 Å². The van der Waals surface area contributed by atoms with Crippen molar-refractivity contribution >= 4 is 38.8 Å². The highest BCUT2D eigenvalue weighted by atomic mass is 32.2. The Bertz CT molecular complexity index is 1540. The second-order valence-electron chi connectivity index (χ2n) is 8.36. The summed E-state index contributed by atoms with van der Waals surface area (Å²) in [6.45, 7) is 1.21. The van der Waals surface area contributed by atoms with Gasteiger partial charge in [0.2, 0.25) is 15.9 Å². The van der Waals surface area contributed by atoms with Gasteiger partial charge in [-0.05, 0) is 23.3 Å². The molecule has 0 atom stereocenters. The summed E-state index contributed by atoms with van der Waals surface area (Å²) in [4.78, 5) is 16.2. The molecule has 10 nitrogen and oxygen atoms in total. The molecule has 0 radical (unpaired) electrons. The molecule has 1 aromatic carbocycles. The van der Waals surface area contributed by atoms with Gasteiger partial charge in [-0.2, -0.15) is 9.40 Å². The zero-order chi connectivity index (χ0) is 22.7. The van der Waals surface area contributed by atoms with Crippen molar-refractivity contribution in [1.82, 2.24) is 23.5 Å². The summed E-state index contributed by atoms with van der Waals surface area (Å²) in [6, 6.07) is 9.84. The number of pyridine rings is 1. The third kappa shape index (κ3) is 3.55. The minimum absolute atomic E-state index is 0.00718. The first kappa shape index (κ1) is 19.9. The largest absolute Gasteiger partial charge is 0.336 e. The summed E-state index contributed by atoms with van der Waals surface area (Å²) >= 11 is 0. The van der Waals surface area contributed by atoms with Crippen molar-refractivity contribution in [2.75, 3.05) is 23.4 Å². The average molecular weight is 464 g/mol. The van der Waals surface area contributed by atoms with E-state index in [-0.39, 0.29) is 5.91 Å². The number of amides is 1. The van der Waals surface area contributed by atoms with Crippen molar-refractivity contribution in [3.63, 3.8) is 0 Å². The van der Waals surface area contributed by atoms with Gasteiger partial charge in [0.05, 0.1) is 37.1 Å². The molecule has 2 aliphatic heterocycles. The number of rotatable bonds is 4. The highest BCUT2D eigenvalue weighted by Gasteiger charge is 2.25. The average Bonchev–Trinajstić information content (AvgIpc) is 3.48. The van der Waals surface area contributed by atoms with Gasteiger partial charge < -0.3 is 15.0 Å². The molecule has 33 heavy (non-hydrogen) atoms. The van der Waals surface area contributed by atoms with Gasteiger partial charge in [0, 0.05) is 42.5 Å². The molecule has 11 heteroatoms. The van der Waals surface area contributed by atoms with Gasteiger partial charge >= 0.3 is 0 Å². The van der Waals surface area contributed by atoms with Crippen LogP contribution in [0.3, 0.4) is 0 Å². The number of benzene rings is 1. The molecule has 0 fully saturated rings. The Morgan fingerprint density at radius 1 is 1.12 bits per heavy atom. The lowest BCUT2D eigenvalue weighted by atomic mass is 10.0. The molecule has 6 rings (SSSR count). The maximum atomic E-state index is 11.9. The van der Waals surface area contributed by atoms with Crippen LogP contribution >= 0.6 is 0 Å². The third-order valence-electron chi connectivity index (χ3n) is 6.05. The molecule has 2 N–H and O–H groups in total. The van der Waals surface area contributed by atoms with Gasteiger partial charge in [-0.3, -0.25) is 9.48 Å². The monoisotopic (exact) mass is 463 g/mol. The Hall–Kier alpha value is -3.70. The van der Waals surface area contributed by atoms with Gasteiger partial charge in [0.15, 0.2) is 11.5 Å². The molecule has 0 aliphatic carbocycles. The molecule has 1 amide bonds. The maximum Gasteiger partial charge on any atom is 0.228 e. The second-order valence-corrected chi connectivity index (χ2v) is 10.3. The number of hydrogen-bond acceptors (Lipinski definition) is 6. The van der Waals surface area contributed by atoms with E-state index in [0.29, 0.717) is 31.9 Å². The summed E-state index contributed by atoms with van der Waals surface area (Å²) in [7, 11) is -3.25. The fourth-order valence-electron chi connectivity index (χ4n) is 4.40. The molecule has 0 bridgehead atoms. The van der Waals surface area contributed by atoms with Gasteiger partial charge in [0.1, 0.15) is 0 Å². The molecule has 4 aromatic rings. The number of imidazole rings is 1. The minimum atomic E-state index is -3.25. The SMILES string of the molecule is CS(=O)(=O)N1CCn2nc(Nc3cc(-c4ccc5c(c4)NC(=O)C5)cn4ccnc34)cc2C1. The number of hydrogen-bond donors (Lipinski definition) is 2. The van der Waals surface area contributed by atoms with Crippen LogP contribution in [-0.2, 0) is 34.3 Å². The molecule has 0 saturated heterocycles. The fourth-order valence-corrected chi connectivity index (χ4v) is 5.18. The van der Waals surface area contributed by atoms with E-state index in [9.17, 15) is 13.2 Å². The van der Waals surface area contributed by atoms with E-state index < -0.39 is 10.0 Å². The number of aromatic nitrogens is 4. The lowest BCUT2D eigenvalue weighted by Crippen LogP contribution is -2.37. The van der Waals surface area contributed by atoms with Crippen LogP contribution in [0.25, 0.3) is 16.8 Å². The summed E-state index contributed by atoms with van der Waals surface area (Å²) in [5, 5.41) is 10.9. The predicted molar refractivity (Wildman–Crippen MR) is 124 cm³/mol. The lowest BCUT2D eigenvalue weighted by Gasteiger charge is -2.25. The zero-order valence-corrected chi connectivity index (χ0v) is 18.6. The van der Waals surface area contributed by atoms with Crippen LogP contribution < -0.4 is 10.6 Å². The number of carbonyl (C=O) groups is 1. The van der Waals surface area contributed by atoms with E-state index in [1.54, 1.807) is 6.20 Å². The van der Waals surface area contributed by atoms with Crippen LogP contribution in [-0.4, -0.2) is 50.6 Å². The van der Waals surface area contributed by atoms with Crippen molar-refractivity contribution < 1.29 is 13.2 Å². The maximum absolute atomic E-state index is 11.9. The highest BCUT2D eigenvalue weighted by molar-refractivity contribution is 7.88. The Morgan fingerprint density at radius 3 is 2.85 bits per heavy atom. The van der Waals surface area contributed by atoms with Crippen LogP contribution in [0.1, 0.15) is 11.3 Å². The summed E-state index contributed by atoms with van der Waals surface area (Å²) < 4.78 is 29.1. The molecule has 3 aromatic heterocycles. The molecule has 5 heterocycles. The van der Waals surface area contributed by atoms with Crippen LogP contribution in [0, 0.1) is 0 Å². The number of sulfonamides is 1. The summed E-state index contributed by atoms with van der Waals surface area (Å²) in [6.07, 6.45) is 7.23. The van der Waals surface area contributed by atoms with Crippen LogP contribution in [0.15, 0.2) is 48.9 Å². The van der Waals surface area contributed by atoms with E-state index >= 15 is 0 Å². The molecule has 0 spiro atoms. The first-order valence-corrected chi connectivity index (χ1v) is 12.4. The standard InChI is InChI=1S/C22H21N7O3S/c1-33(31,32)28-6-7-29-17(13-28)11-20(26-29)24-19-9-16(12-27-5-4-23-22(19)27)14-2-3-15-10-21(30)25-18(15)8-14/h2-5,8-9,11-12H,6-7,10,13H2,1H3,(H,24,26)(H,25,30). The molecule has 2 aliphatic rings. The topological polar surface area (TPSA) is 114 Å². The van der Waals surface area contributed by atoms with E-state index in [1.807, 2.05) is 51.8 Å². The lowest BCUT2D eigenvalue weighted by molar-refractivity contribution is -0.115. The summed E-state index contributed by atoms with van der Waals surface area (Å²) in [5.74, 6) is 0.636. The van der Waals surface area contributed by atoms with Gasteiger partial charge in [-0.1, -0.05) is 12.1 Å². The fraction of sp³-hybridized carbons (Fsp3) is 0.227. The molecular weight excluding hydrogens is 442 g/mol. The van der Waals surface area contributed by atoms with Gasteiger partial charge in [-0.15, -0.1) is 0 Å². The third-order valence-corrected chi connectivity index (χ3v) is 7.30. The number of fused-ring (bicyclic) bond motifs is 3. The summed E-state index contributed by atoms with van der Waals surface area (Å²) in [5.41, 5.74) is 6.13. The Morgan fingerprint density at radius 2 is 2.00 bits per heavy atom. The van der Waals surface area contributed by atoms with E-state index in [1.165, 1.54) is 10.6 Å². The van der Waals surface area contributed by atoms with Crippen molar-refractivity contribution in [2.24, 2.45) is 0 Å². The van der Waals surface area contributed by atoms with Crippen LogP contribution in [0.2, 0.25) is 0 Å². The zero-order valence-electron chi connectivity index (χ0n) is 17.8. The minimum Gasteiger partial charge on any atom is -0.336 e. The molecular formula is C22H21N7O3S. The Kier molecular flexibility index (Phi) is 4.32. The van der Waals surface area contributed by atoms with Crippen molar-refractivity contribution in [3.05, 3.63) is 60.2 Å². The quantitative estimate of drug-likeness (QED) is 0.480. The highest BCUT2D eigenvalue weighted by Crippen LogP contribution is 2.32. The number of anilines is 3. The smallest absolute Gasteiger partial charge is 0.228 e. The van der Waals surface area contributed by atoms with Gasteiger partial charge in [-0.25, -0.2) is 13.4 Å². The van der Waals surface area contributed by atoms with E-state index in [2.05, 4.69) is 20.7 Å². The van der Waals surface area contributed by atoms with Crippen molar-refractivity contribution in [1.29, 1.82) is 0 Å². The Balaban J connectivity index is 1.35. The normalized spacial score (nSPS) is 16.0. The molecule has 0 saturated carbocycles. The Labute approximate surface area is 189 Å². The first-order valence-electron chi connectivity index (χ1n) is 10.5. The number of nitrogens with zero attached hydrogens (tertiary/aromatic N) is 5. The second kappa shape index (κ2) is 7.15. The van der Waals surface area contributed by atoms with Crippen molar-refractivity contribution in [2.45, 2.75) is 19.5 Å². The first-order chi connectivity index (χ1) is 15.8. The predicted octanol–water partition coefficient (Wildman–Crippen LogP) is 2.21. The van der Waals surface area contributed by atoms with E-state index in [0.717, 1.165) is 39.4 Å². The number of carbonyl (C=O) groups excluding carboxylic acids is 1. The number of nitrogens with one attached hydrogen (secondary N) is 2. The van der Waals surface area contributed by atoms with E-state index in [4.69, 9.17) is 0 Å². The van der Waals surface area contributed by atoms with Gasteiger partial charge in [0.25, 0.3) is 0 Å². The van der Waals surface area contributed by atoms with Crippen LogP contribution in [0.5, 0.6) is 0 Å². The molecule has 0 unspecified atom stereocenters. The molecule has 168 valence electrons. The van der Waals surface area contributed by atoms with Crippen LogP contribution in [0.4, 0.5) is 17.2 Å².